The van der Waals surface area contributed by atoms with Crippen LogP contribution in [0, 0.1) is 5.82 Å². The molecule has 3 aromatic carbocycles. The summed E-state index contributed by atoms with van der Waals surface area (Å²) in [6.07, 6.45) is 0.800. The number of rotatable bonds is 12. The van der Waals surface area contributed by atoms with Crippen LogP contribution in [-0.2, 0) is 16.1 Å². The van der Waals surface area contributed by atoms with Crippen LogP contribution in [0.3, 0.4) is 0 Å². The zero-order valence-corrected chi connectivity index (χ0v) is 22.1. The van der Waals surface area contributed by atoms with Gasteiger partial charge in [0.2, 0.25) is 5.91 Å². The number of carbonyl (C=O) groups excluding carboxylic acids is 2. The minimum atomic E-state index is -0.627. The van der Waals surface area contributed by atoms with Gasteiger partial charge in [0.15, 0.2) is 0 Å². The van der Waals surface area contributed by atoms with E-state index in [9.17, 15) is 14.0 Å². The summed E-state index contributed by atoms with van der Waals surface area (Å²) in [7, 11) is 1.58. The Balaban J connectivity index is 1.52. The first-order valence-electron chi connectivity index (χ1n) is 13.2. The number of nitrogens with one attached hydrogen (secondary N) is 1. The maximum atomic E-state index is 13.8. The van der Waals surface area contributed by atoms with Crippen molar-refractivity contribution in [2.45, 2.75) is 31.8 Å². The van der Waals surface area contributed by atoms with Crippen LogP contribution in [0.5, 0.6) is 0 Å². The first kappa shape index (κ1) is 27.5. The lowest BCUT2D eigenvalue weighted by atomic mass is 9.79. The van der Waals surface area contributed by atoms with Crippen LogP contribution in [0.25, 0.3) is 0 Å². The number of benzene rings is 3. The smallest absolute Gasteiger partial charge is 0.254 e. The Morgan fingerprint density at radius 2 is 1.74 bits per heavy atom. The molecule has 0 radical (unpaired) electrons. The molecule has 1 heterocycles. The molecule has 1 aliphatic rings. The number of hydrogen-bond acceptors (Lipinski definition) is 4. The molecular formula is C31H36FN3O3. The zero-order valence-electron chi connectivity index (χ0n) is 22.1. The summed E-state index contributed by atoms with van der Waals surface area (Å²) in [5.74, 6) is -1.29. The van der Waals surface area contributed by atoms with Gasteiger partial charge in [-0.1, -0.05) is 67.6 Å². The van der Waals surface area contributed by atoms with Crippen molar-refractivity contribution in [2.24, 2.45) is 0 Å². The van der Waals surface area contributed by atoms with Crippen molar-refractivity contribution >= 4 is 11.8 Å². The standard InChI is InChI=1S/C31H36FN3O3/c1-3-34(22-23-10-5-4-6-11-23)19-9-18-33-30(36)28-26-12-7-8-13-27(26)31(37)35(20-21-38-2)29(28)24-14-16-25(32)17-15-24/h4-8,10-17,28-29H,3,9,18-22H2,1-2H3,(H,33,36)/t28-,29-/m0/s1. The van der Waals surface area contributed by atoms with Gasteiger partial charge in [0.1, 0.15) is 5.82 Å². The van der Waals surface area contributed by atoms with Gasteiger partial charge in [-0.25, -0.2) is 4.39 Å². The summed E-state index contributed by atoms with van der Waals surface area (Å²) in [6, 6.07) is 23.1. The topological polar surface area (TPSA) is 61.9 Å². The Labute approximate surface area is 224 Å². The van der Waals surface area contributed by atoms with E-state index in [1.165, 1.54) is 17.7 Å². The molecule has 2 atom stereocenters. The van der Waals surface area contributed by atoms with E-state index in [1.807, 2.05) is 36.4 Å². The number of fused-ring (bicyclic) bond motifs is 1. The third-order valence-corrected chi connectivity index (χ3v) is 7.12. The zero-order chi connectivity index (χ0) is 26.9. The predicted molar refractivity (Wildman–Crippen MR) is 146 cm³/mol. The van der Waals surface area contributed by atoms with E-state index in [-0.39, 0.29) is 17.6 Å². The SMILES string of the molecule is CCN(CCCNC(=O)[C@H]1c2ccccc2C(=O)N(CCOC)[C@H]1c1ccc(F)cc1)Cc1ccccc1. The molecule has 3 aromatic rings. The first-order chi connectivity index (χ1) is 18.5. The van der Waals surface area contributed by atoms with Crippen LogP contribution < -0.4 is 5.32 Å². The molecular weight excluding hydrogens is 481 g/mol. The van der Waals surface area contributed by atoms with Gasteiger partial charge >= 0.3 is 0 Å². The predicted octanol–water partition coefficient (Wildman–Crippen LogP) is 4.78. The van der Waals surface area contributed by atoms with Gasteiger partial charge in [-0.2, -0.15) is 0 Å². The third kappa shape index (κ3) is 6.47. The second kappa shape index (κ2) is 13.3. The molecule has 4 rings (SSSR count). The maximum Gasteiger partial charge on any atom is 0.254 e. The van der Waals surface area contributed by atoms with Gasteiger partial charge < -0.3 is 15.0 Å². The monoisotopic (exact) mass is 517 g/mol. The maximum absolute atomic E-state index is 13.8. The highest BCUT2D eigenvalue weighted by molar-refractivity contribution is 6.01. The lowest BCUT2D eigenvalue weighted by Gasteiger charge is -2.41. The van der Waals surface area contributed by atoms with E-state index in [0.29, 0.717) is 36.4 Å². The van der Waals surface area contributed by atoms with E-state index in [0.717, 1.165) is 26.1 Å². The molecule has 38 heavy (non-hydrogen) atoms. The Morgan fingerprint density at radius 3 is 2.45 bits per heavy atom. The van der Waals surface area contributed by atoms with Crippen LogP contribution in [0.15, 0.2) is 78.9 Å². The minimum absolute atomic E-state index is 0.146. The lowest BCUT2D eigenvalue weighted by Crippen LogP contribution is -2.48. The number of carbonyl (C=O) groups is 2. The van der Waals surface area contributed by atoms with E-state index in [4.69, 9.17) is 4.74 Å². The molecule has 0 bridgehead atoms. The number of methoxy groups -OCH3 is 1. The summed E-state index contributed by atoms with van der Waals surface area (Å²) < 4.78 is 19.1. The highest BCUT2D eigenvalue weighted by Crippen LogP contribution is 2.42. The summed E-state index contributed by atoms with van der Waals surface area (Å²) in [5.41, 5.74) is 3.19. The second-order valence-electron chi connectivity index (χ2n) is 9.55. The molecule has 0 saturated heterocycles. The van der Waals surface area contributed by atoms with Crippen molar-refractivity contribution in [3.8, 4) is 0 Å². The van der Waals surface area contributed by atoms with E-state index in [1.54, 1.807) is 30.2 Å². The number of ether oxygens (including phenoxy) is 1. The van der Waals surface area contributed by atoms with E-state index >= 15 is 0 Å². The van der Waals surface area contributed by atoms with Gasteiger partial charge in [0.05, 0.1) is 18.6 Å². The fraction of sp³-hybridized carbons (Fsp3) is 0.355. The van der Waals surface area contributed by atoms with Gasteiger partial charge in [-0.15, -0.1) is 0 Å². The largest absolute Gasteiger partial charge is 0.383 e. The average molecular weight is 518 g/mol. The fourth-order valence-corrected chi connectivity index (χ4v) is 5.16. The number of amides is 2. The van der Waals surface area contributed by atoms with Crippen LogP contribution in [-0.4, -0.2) is 61.5 Å². The molecule has 0 aliphatic carbocycles. The molecule has 0 aromatic heterocycles. The van der Waals surface area contributed by atoms with Crippen LogP contribution in [0.4, 0.5) is 4.39 Å². The minimum Gasteiger partial charge on any atom is -0.383 e. The summed E-state index contributed by atoms with van der Waals surface area (Å²) in [5, 5.41) is 3.13. The summed E-state index contributed by atoms with van der Waals surface area (Å²) in [4.78, 5) is 31.3. The Bertz CT molecular complexity index is 1200. The van der Waals surface area contributed by atoms with E-state index < -0.39 is 12.0 Å². The van der Waals surface area contributed by atoms with Crippen molar-refractivity contribution in [3.63, 3.8) is 0 Å². The molecule has 6 nitrogen and oxygen atoms in total. The van der Waals surface area contributed by atoms with Crippen molar-refractivity contribution < 1.29 is 18.7 Å². The molecule has 200 valence electrons. The van der Waals surface area contributed by atoms with Crippen LogP contribution >= 0.6 is 0 Å². The lowest BCUT2D eigenvalue weighted by molar-refractivity contribution is -0.124. The molecule has 0 saturated carbocycles. The number of halogens is 1. The molecule has 0 fully saturated rings. The highest BCUT2D eigenvalue weighted by atomic mass is 19.1. The van der Waals surface area contributed by atoms with Gasteiger partial charge in [0.25, 0.3) is 5.91 Å². The molecule has 1 N–H and O–H groups in total. The summed E-state index contributed by atoms with van der Waals surface area (Å²) in [6.45, 7) is 5.94. The third-order valence-electron chi connectivity index (χ3n) is 7.12. The van der Waals surface area contributed by atoms with Crippen LogP contribution in [0.2, 0.25) is 0 Å². The highest BCUT2D eigenvalue weighted by Gasteiger charge is 2.43. The van der Waals surface area contributed by atoms with Gasteiger partial charge in [-0.05, 0) is 47.9 Å². The number of hydrogen-bond donors (Lipinski definition) is 1. The van der Waals surface area contributed by atoms with Crippen molar-refractivity contribution in [1.29, 1.82) is 0 Å². The first-order valence-corrected chi connectivity index (χ1v) is 13.2. The van der Waals surface area contributed by atoms with Crippen molar-refractivity contribution in [2.75, 3.05) is 39.9 Å². The van der Waals surface area contributed by atoms with Crippen molar-refractivity contribution in [3.05, 3.63) is 107 Å². The van der Waals surface area contributed by atoms with E-state index in [2.05, 4.69) is 29.3 Å². The van der Waals surface area contributed by atoms with Gasteiger partial charge in [0, 0.05) is 38.9 Å². The number of nitrogens with zero attached hydrogens (tertiary/aromatic N) is 2. The Kier molecular flexibility index (Phi) is 9.62. The average Bonchev–Trinajstić information content (AvgIpc) is 2.95. The molecule has 0 spiro atoms. The normalized spacial score (nSPS) is 16.9. The fourth-order valence-electron chi connectivity index (χ4n) is 5.16. The second-order valence-corrected chi connectivity index (χ2v) is 9.55. The summed E-state index contributed by atoms with van der Waals surface area (Å²) >= 11 is 0. The molecule has 7 heteroatoms. The molecule has 2 amide bonds. The van der Waals surface area contributed by atoms with Crippen LogP contribution in [0.1, 0.15) is 52.4 Å². The van der Waals surface area contributed by atoms with Crippen molar-refractivity contribution in [1.82, 2.24) is 15.1 Å². The molecule has 0 unspecified atom stereocenters. The quantitative estimate of drug-likeness (QED) is 0.351. The molecule has 1 aliphatic heterocycles. The Hall–Kier alpha value is -3.55. The van der Waals surface area contributed by atoms with Gasteiger partial charge in [-0.3, -0.25) is 14.5 Å². The Morgan fingerprint density at radius 1 is 1.03 bits per heavy atom.